The summed E-state index contributed by atoms with van der Waals surface area (Å²) in [6.07, 6.45) is 1.35. The molecule has 1 aliphatic heterocycles. The predicted molar refractivity (Wildman–Crippen MR) is 68.3 cm³/mol. The van der Waals surface area contributed by atoms with E-state index in [1.807, 2.05) is 6.07 Å². The molecule has 7 heteroatoms. The van der Waals surface area contributed by atoms with Crippen LogP contribution in [0.4, 0.5) is 0 Å². The topological polar surface area (TPSA) is 68.7 Å². The molecule has 2 aromatic rings. The highest BCUT2D eigenvalue weighted by atomic mass is 79.9. The number of rotatable bonds is 2. The highest BCUT2D eigenvalue weighted by molar-refractivity contribution is 9.10. The van der Waals surface area contributed by atoms with Crippen molar-refractivity contribution in [1.29, 1.82) is 0 Å². The summed E-state index contributed by atoms with van der Waals surface area (Å²) in [5, 5.41) is 9.50. The molecule has 0 saturated carbocycles. The molecule has 18 heavy (non-hydrogen) atoms. The van der Waals surface area contributed by atoms with Crippen molar-refractivity contribution in [3.05, 3.63) is 27.7 Å². The number of benzene rings is 1. The number of ether oxygens (including phenoxy) is 2. The van der Waals surface area contributed by atoms with Crippen LogP contribution in [0.15, 0.2) is 22.8 Å². The lowest BCUT2D eigenvalue weighted by atomic mass is 10.2. The first-order valence-electron chi connectivity index (χ1n) is 4.94. The zero-order chi connectivity index (χ0) is 12.7. The Morgan fingerprint density at radius 2 is 2.28 bits per heavy atom. The third kappa shape index (κ3) is 1.85. The maximum Gasteiger partial charge on any atom is 0.347 e. The predicted octanol–water partition coefficient (Wildman–Crippen LogP) is 3.00. The zero-order valence-corrected chi connectivity index (χ0v) is 11.2. The molecular formula is C11H6BrNO4S. The van der Waals surface area contributed by atoms with Gasteiger partial charge in [-0.15, -0.1) is 11.3 Å². The number of halogens is 1. The van der Waals surface area contributed by atoms with Crippen LogP contribution in [-0.4, -0.2) is 22.9 Å². The number of nitrogens with zero attached hydrogens (tertiary/aromatic N) is 1. The number of aromatic nitrogens is 1. The minimum absolute atomic E-state index is 0.190. The minimum Gasteiger partial charge on any atom is -0.477 e. The molecule has 0 aliphatic carbocycles. The molecule has 3 rings (SSSR count). The van der Waals surface area contributed by atoms with Gasteiger partial charge in [-0.1, -0.05) is 0 Å². The number of hydrogen-bond acceptors (Lipinski definition) is 5. The van der Waals surface area contributed by atoms with Crippen LogP contribution in [-0.2, 0) is 0 Å². The van der Waals surface area contributed by atoms with Gasteiger partial charge in [-0.3, -0.25) is 0 Å². The fourth-order valence-electron chi connectivity index (χ4n) is 1.60. The van der Waals surface area contributed by atoms with Gasteiger partial charge in [0, 0.05) is 5.56 Å². The zero-order valence-electron chi connectivity index (χ0n) is 8.84. The molecule has 5 nitrogen and oxygen atoms in total. The van der Waals surface area contributed by atoms with Gasteiger partial charge in [0.25, 0.3) is 0 Å². The molecule has 0 fully saturated rings. The summed E-state index contributed by atoms with van der Waals surface area (Å²) < 4.78 is 11.4. The van der Waals surface area contributed by atoms with Crippen molar-refractivity contribution in [1.82, 2.24) is 4.98 Å². The SMILES string of the molecule is O=C(O)c1cnc(-c2cc(Br)c3c(c2)OCO3)s1. The third-order valence-electron chi connectivity index (χ3n) is 2.39. The molecule has 2 heterocycles. The molecule has 0 spiro atoms. The van der Waals surface area contributed by atoms with E-state index in [2.05, 4.69) is 20.9 Å². The fourth-order valence-corrected chi connectivity index (χ4v) is 2.90. The summed E-state index contributed by atoms with van der Waals surface area (Å²) in [6, 6.07) is 3.62. The van der Waals surface area contributed by atoms with E-state index in [0.29, 0.717) is 16.5 Å². The number of carbonyl (C=O) groups is 1. The average molecular weight is 328 g/mol. The molecule has 1 aromatic heterocycles. The Labute approximate surface area is 114 Å². The maximum atomic E-state index is 10.8. The summed E-state index contributed by atoms with van der Waals surface area (Å²) in [5.74, 6) is 0.318. The van der Waals surface area contributed by atoms with Crippen LogP contribution in [0, 0.1) is 0 Å². The monoisotopic (exact) mass is 327 g/mol. The van der Waals surface area contributed by atoms with Crippen LogP contribution in [0.3, 0.4) is 0 Å². The number of fused-ring (bicyclic) bond motifs is 1. The van der Waals surface area contributed by atoms with E-state index in [1.54, 1.807) is 6.07 Å². The normalized spacial score (nSPS) is 12.7. The molecule has 1 aliphatic rings. The van der Waals surface area contributed by atoms with E-state index in [1.165, 1.54) is 6.20 Å². The molecule has 0 bridgehead atoms. The highest BCUT2D eigenvalue weighted by Crippen LogP contribution is 2.43. The Balaban J connectivity index is 2.06. The van der Waals surface area contributed by atoms with Crippen LogP contribution in [0.2, 0.25) is 0 Å². The smallest absolute Gasteiger partial charge is 0.347 e. The molecular weight excluding hydrogens is 322 g/mol. The molecule has 0 saturated heterocycles. The van der Waals surface area contributed by atoms with Crippen molar-refractivity contribution in [3.8, 4) is 22.1 Å². The first-order chi connectivity index (χ1) is 8.65. The lowest BCUT2D eigenvalue weighted by Crippen LogP contribution is -1.93. The van der Waals surface area contributed by atoms with Crippen LogP contribution in [0.1, 0.15) is 9.67 Å². The van der Waals surface area contributed by atoms with Crippen molar-refractivity contribution in [2.24, 2.45) is 0 Å². The molecule has 92 valence electrons. The summed E-state index contributed by atoms with van der Waals surface area (Å²) in [5.41, 5.74) is 0.795. The number of thiazole rings is 1. The summed E-state index contributed by atoms with van der Waals surface area (Å²) in [7, 11) is 0. The van der Waals surface area contributed by atoms with Gasteiger partial charge in [-0.05, 0) is 28.1 Å². The van der Waals surface area contributed by atoms with Gasteiger partial charge in [0.1, 0.15) is 9.88 Å². The van der Waals surface area contributed by atoms with Gasteiger partial charge < -0.3 is 14.6 Å². The molecule has 0 radical (unpaired) electrons. The van der Waals surface area contributed by atoms with Gasteiger partial charge >= 0.3 is 5.97 Å². The quantitative estimate of drug-likeness (QED) is 0.918. The Morgan fingerprint density at radius 1 is 1.44 bits per heavy atom. The lowest BCUT2D eigenvalue weighted by Gasteiger charge is -2.02. The second-order valence-electron chi connectivity index (χ2n) is 3.53. The summed E-state index contributed by atoms with van der Waals surface area (Å²) >= 11 is 4.51. The first-order valence-corrected chi connectivity index (χ1v) is 6.55. The average Bonchev–Trinajstić information content (AvgIpc) is 2.97. The minimum atomic E-state index is -0.974. The van der Waals surface area contributed by atoms with Gasteiger partial charge in [0.2, 0.25) is 6.79 Å². The van der Waals surface area contributed by atoms with Crippen LogP contribution < -0.4 is 9.47 Å². The maximum absolute atomic E-state index is 10.8. The molecule has 0 unspecified atom stereocenters. The largest absolute Gasteiger partial charge is 0.477 e. The van der Waals surface area contributed by atoms with E-state index >= 15 is 0 Å². The van der Waals surface area contributed by atoms with Gasteiger partial charge in [0.15, 0.2) is 11.5 Å². The van der Waals surface area contributed by atoms with E-state index in [-0.39, 0.29) is 11.7 Å². The number of aromatic carboxylic acids is 1. The van der Waals surface area contributed by atoms with Crippen molar-refractivity contribution in [2.45, 2.75) is 0 Å². The standard InChI is InChI=1S/C11H6BrNO4S/c12-6-1-5(2-7-9(6)17-4-16-7)10-13-3-8(18-10)11(14)15/h1-3H,4H2,(H,14,15). The molecule has 0 atom stereocenters. The van der Waals surface area contributed by atoms with Crippen molar-refractivity contribution in [2.75, 3.05) is 6.79 Å². The lowest BCUT2D eigenvalue weighted by molar-refractivity contribution is 0.0702. The van der Waals surface area contributed by atoms with E-state index < -0.39 is 5.97 Å². The Hall–Kier alpha value is -1.60. The van der Waals surface area contributed by atoms with Crippen LogP contribution in [0.5, 0.6) is 11.5 Å². The Morgan fingerprint density at radius 3 is 3.00 bits per heavy atom. The van der Waals surface area contributed by atoms with Crippen LogP contribution >= 0.6 is 27.3 Å². The Kier molecular flexibility index (Phi) is 2.71. The van der Waals surface area contributed by atoms with E-state index in [0.717, 1.165) is 21.4 Å². The molecule has 1 aromatic carbocycles. The van der Waals surface area contributed by atoms with E-state index in [9.17, 15) is 4.79 Å². The second-order valence-corrected chi connectivity index (χ2v) is 5.41. The van der Waals surface area contributed by atoms with Gasteiger partial charge in [0.05, 0.1) is 10.7 Å². The summed E-state index contributed by atoms with van der Waals surface area (Å²) in [4.78, 5) is 15.1. The highest BCUT2D eigenvalue weighted by Gasteiger charge is 2.20. The number of carboxylic acid groups (broad SMARTS) is 1. The fraction of sp³-hybridized carbons (Fsp3) is 0.0909. The number of hydrogen-bond donors (Lipinski definition) is 1. The van der Waals surface area contributed by atoms with Crippen molar-refractivity contribution < 1.29 is 19.4 Å². The first kappa shape index (κ1) is 11.5. The van der Waals surface area contributed by atoms with Gasteiger partial charge in [-0.25, -0.2) is 9.78 Å². The third-order valence-corrected chi connectivity index (χ3v) is 4.01. The van der Waals surface area contributed by atoms with Crippen LogP contribution in [0.25, 0.3) is 10.6 Å². The second kappa shape index (κ2) is 4.25. The van der Waals surface area contributed by atoms with Gasteiger partial charge in [-0.2, -0.15) is 0 Å². The summed E-state index contributed by atoms with van der Waals surface area (Å²) in [6.45, 7) is 0.190. The van der Waals surface area contributed by atoms with Crippen molar-refractivity contribution >= 4 is 33.2 Å². The van der Waals surface area contributed by atoms with E-state index in [4.69, 9.17) is 14.6 Å². The Bertz CT molecular complexity index is 640. The number of carboxylic acids is 1. The molecule has 0 amide bonds. The molecule has 1 N–H and O–H groups in total. The van der Waals surface area contributed by atoms with Crippen molar-refractivity contribution in [3.63, 3.8) is 0 Å².